The number of rotatable bonds is 6. The topological polar surface area (TPSA) is 75.4 Å². The predicted octanol–water partition coefficient (Wildman–Crippen LogP) is 3.07. The molecule has 1 atom stereocenters. The lowest BCUT2D eigenvalue weighted by molar-refractivity contribution is -0.137. The Morgan fingerprint density at radius 1 is 1.19 bits per heavy atom. The van der Waals surface area contributed by atoms with Gasteiger partial charge in [0.2, 0.25) is 5.91 Å². The van der Waals surface area contributed by atoms with Crippen molar-refractivity contribution in [3.8, 4) is 0 Å². The maximum atomic E-state index is 13.3. The van der Waals surface area contributed by atoms with Crippen molar-refractivity contribution in [2.45, 2.75) is 52.1 Å². The lowest BCUT2D eigenvalue weighted by atomic mass is 9.87. The molecule has 1 amide bonds. The highest BCUT2D eigenvalue weighted by Crippen LogP contribution is 2.28. The van der Waals surface area contributed by atoms with Crippen LogP contribution in [0.3, 0.4) is 0 Å². The van der Waals surface area contributed by atoms with Crippen LogP contribution in [0.25, 0.3) is 0 Å². The molecule has 3 rings (SSSR count). The van der Waals surface area contributed by atoms with Gasteiger partial charge < -0.3 is 10.0 Å². The van der Waals surface area contributed by atoms with Crippen molar-refractivity contribution in [2.24, 2.45) is 5.92 Å². The molecule has 0 saturated carbocycles. The molecule has 0 saturated heterocycles. The van der Waals surface area contributed by atoms with E-state index in [0.717, 1.165) is 29.9 Å². The van der Waals surface area contributed by atoms with E-state index in [2.05, 4.69) is 18.9 Å². The molecule has 0 fully saturated rings. The Hall–Kier alpha value is -2.63. The Bertz CT molecular complexity index is 798. The monoisotopic (exact) mass is 369 g/mol. The molecular weight excluding hydrogens is 342 g/mol. The molecular formula is C21H27N3O3. The second-order valence-electron chi connectivity index (χ2n) is 7.49. The van der Waals surface area contributed by atoms with Crippen molar-refractivity contribution in [1.82, 2.24) is 14.7 Å². The number of aryl methyl sites for hydroxylation is 2. The van der Waals surface area contributed by atoms with Gasteiger partial charge in [-0.1, -0.05) is 44.2 Å². The fourth-order valence-corrected chi connectivity index (χ4v) is 3.74. The lowest BCUT2D eigenvalue weighted by Crippen LogP contribution is -2.36. The number of aromatic nitrogens is 2. The molecule has 144 valence electrons. The van der Waals surface area contributed by atoms with E-state index in [-0.39, 0.29) is 24.2 Å². The van der Waals surface area contributed by atoms with Crippen LogP contribution in [-0.2, 0) is 29.1 Å². The van der Waals surface area contributed by atoms with Gasteiger partial charge in [-0.2, -0.15) is 5.10 Å². The van der Waals surface area contributed by atoms with E-state index in [1.807, 2.05) is 46.0 Å². The van der Waals surface area contributed by atoms with E-state index in [1.54, 1.807) is 0 Å². The summed E-state index contributed by atoms with van der Waals surface area (Å²) in [5.74, 6) is -0.623. The van der Waals surface area contributed by atoms with E-state index in [1.165, 1.54) is 0 Å². The van der Waals surface area contributed by atoms with Gasteiger partial charge in [-0.3, -0.25) is 14.3 Å². The largest absolute Gasteiger partial charge is 0.481 e. The first-order valence-corrected chi connectivity index (χ1v) is 9.57. The standard InChI is InChI=1S/C21H27N3O3/c1-15(2)20(16-7-4-3-5-8-16)21(27)23-11-6-12-24-18(14-23)13-17(22-24)9-10-19(25)26/h3-5,7-8,13,15,20H,6,9-12,14H2,1-2H3,(H,25,26). The zero-order valence-corrected chi connectivity index (χ0v) is 16.0. The Morgan fingerprint density at radius 2 is 1.93 bits per heavy atom. The number of nitrogens with zero attached hydrogens (tertiary/aromatic N) is 3. The van der Waals surface area contributed by atoms with Crippen LogP contribution in [0.5, 0.6) is 0 Å². The van der Waals surface area contributed by atoms with Crippen LogP contribution >= 0.6 is 0 Å². The number of hydrogen-bond donors (Lipinski definition) is 1. The highest BCUT2D eigenvalue weighted by molar-refractivity contribution is 5.84. The minimum Gasteiger partial charge on any atom is -0.481 e. The van der Waals surface area contributed by atoms with E-state index < -0.39 is 5.97 Å². The summed E-state index contributed by atoms with van der Waals surface area (Å²) in [7, 11) is 0. The Kier molecular flexibility index (Phi) is 5.94. The first-order chi connectivity index (χ1) is 13.0. The van der Waals surface area contributed by atoms with Crippen LogP contribution in [0.15, 0.2) is 36.4 Å². The Balaban J connectivity index is 1.78. The molecule has 1 aliphatic rings. The average Bonchev–Trinajstić information content (AvgIpc) is 2.91. The van der Waals surface area contributed by atoms with Crippen molar-refractivity contribution in [3.63, 3.8) is 0 Å². The third kappa shape index (κ3) is 4.56. The molecule has 27 heavy (non-hydrogen) atoms. The number of carboxylic acid groups (broad SMARTS) is 1. The van der Waals surface area contributed by atoms with Crippen molar-refractivity contribution < 1.29 is 14.7 Å². The Morgan fingerprint density at radius 3 is 2.59 bits per heavy atom. The molecule has 6 heteroatoms. The summed E-state index contributed by atoms with van der Waals surface area (Å²) >= 11 is 0. The van der Waals surface area contributed by atoms with Gasteiger partial charge in [0.15, 0.2) is 0 Å². The maximum Gasteiger partial charge on any atom is 0.303 e. The first kappa shape index (κ1) is 19.1. The molecule has 1 aromatic carbocycles. The Labute approximate surface area is 159 Å². The van der Waals surface area contributed by atoms with Crippen LogP contribution < -0.4 is 0 Å². The number of carboxylic acids is 1. The molecule has 1 aliphatic heterocycles. The summed E-state index contributed by atoms with van der Waals surface area (Å²) in [6.45, 7) is 6.16. The average molecular weight is 369 g/mol. The van der Waals surface area contributed by atoms with Crippen LogP contribution in [0.1, 0.15) is 49.6 Å². The quantitative estimate of drug-likeness (QED) is 0.849. The number of amides is 1. The summed E-state index contributed by atoms with van der Waals surface area (Å²) in [6, 6.07) is 11.9. The second-order valence-corrected chi connectivity index (χ2v) is 7.49. The van der Waals surface area contributed by atoms with Gasteiger partial charge >= 0.3 is 5.97 Å². The number of hydrogen-bond acceptors (Lipinski definition) is 3. The van der Waals surface area contributed by atoms with Gasteiger partial charge in [-0.05, 0) is 24.0 Å². The zero-order valence-electron chi connectivity index (χ0n) is 16.0. The summed E-state index contributed by atoms with van der Waals surface area (Å²) < 4.78 is 1.93. The van der Waals surface area contributed by atoms with Crippen LogP contribution in [-0.4, -0.2) is 38.2 Å². The van der Waals surface area contributed by atoms with Gasteiger partial charge in [0.1, 0.15) is 0 Å². The fraction of sp³-hybridized carbons (Fsp3) is 0.476. The molecule has 0 bridgehead atoms. The van der Waals surface area contributed by atoms with Gasteiger partial charge in [-0.15, -0.1) is 0 Å². The third-order valence-electron chi connectivity index (χ3n) is 5.06. The van der Waals surface area contributed by atoms with E-state index in [9.17, 15) is 9.59 Å². The van der Waals surface area contributed by atoms with Crippen LogP contribution in [0.2, 0.25) is 0 Å². The van der Waals surface area contributed by atoms with Gasteiger partial charge in [0.25, 0.3) is 0 Å². The zero-order chi connectivity index (χ0) is 19.4. The number of benzene rings is 1. The minimum atomic E-state index is -0.822. The molecule has 1 aromatic heterocycles. The molecule has 0 aliphatic carbocycles. The van der Waals surface area contributed by atoms with Gasteiger partial charge in [0.05, 0.1) is 30.3 Å². The molecule has 0 radical (unpaired) electrons. The summed E-state index contributed by atoms with van der Waals surface area (Å²) in [6.07, 6.45) is 1.34. The van der Waals surface area contributed by atoms with Crippen molar-refractivity contribution in [3.05, 3.63) is 53.3 Å². The van der Waals surface area contributed by atoms with E-state index >= 15 is 0 Å². The third-order valence-corrected chi connectivity index (χ3v) is 5.06. The summed E-state index contributed by atoms with van der Waals surface area (Å²) in [4.78, 5) is 26.1. The van der Waals surface area contributed by atoms with Crippen molar-refractivity contribution >= 4 is 11.9 Å². The highest BCUT2D eigenvalue weighted by atomic mass is 16.4. The molecule has 0 spiro atoms. The van der Waals surface area contributed by atoms with E-state index in [4.69, 9.17) is 5.11 Å². The molecule has 2 aromatic rings. The van der Waals surface area contributed by atoms with E-state index in [0.29, 0.717) is 19.5 Å². The summed E-state index contributed by atoms with van der Waals surface area (Å²) in [5.41, 5.74) is 2.82. The number of carbonyl (C=O) groups is 2. The summed E-state index contributed by atoms with van der Waals surface area (Å²) in [5, 5.41) is 13.4. The minimum absolute atomic E-state index is 0.0720. The number of aliphatic carboxylic acids is 1. The second kappa shape index (κ2) is 8.37. The molecule has 2 heterocycles. The van der Waals surface area contributed by atoms with Gasteiger partial charge in [-0.25, -0.2) is 0 Å². The highest BCUT2D eigenvalue weighted by Gasteiger charge is 2.30. The lowest BCUT2D eigenvalue weighted by Gasteiger charge is -2.28. The maximum absolute atomic E-state index is 13.3. The van der Waals surface area contributed by atoms with Crippen molar-refractivity contribution in [1.29, 1.82) is 0 Å². The number of carbonyl (C=O) groups excluding carboxylic acids is 1. The first-order valence-electron chi connectivity index (χ1n) is 9.57. The fourth-order valence-electron chi connectivity index (χ4n) is 3.74. The molecule has 1 N–H and O–H groups in total. The van der Waals surface area contributed by atoms with Crippen molar-refractivity contribution in [2.75, 3.05) is 6.54 Å². The molecule has 1 unspecified atom stereocenters. The number of fused-ring (bicyclic) bond motifs is 1. The normalized spacial score (nSPS) is 15.3. The SMILES string of the molecule is CC(C)C(C(=O)N1CCCn2nc(CCC(=O)O)cc2C1)c1ccccc1. The predicted molar refractivity (Wildman–Crippen MR) is 102 cm³/mol. The smallest absolute Gasteiger partial charge is 0.303 e. The van der Waals surface area contributed by atoms with Gasteiger partial charge in [0, 0.05) is 19.5 Å². The molecule has 6 nitrogen and oxygen atoms in total. The van der Waals surface area contributed by atoms with Crippen LogP contribution in [0.4, 0.5) is 0 Å². The van der Waals surface area contributed by atoms with Crippen LogP contribution in [0, 0.1) is 5.92 Å².